The van der Waals surface area contributed by atoms with Crippen molar-refractivity contribution in [2.24, 2.45) is 0 Å². The van der Waals surface area contributed by atoms with Crippen molar-refractivity contribution in [2.75, 3.05) is 6.54 Å². The van der Waals surface area contributed by atoms with E-state index in [1.54, 1.807) is 12.4 Å². The van der Waals surface area contributed by atoms with Gasteiger partial charge in [-0.2, -0.15) is 0 Å². The molecule has 1 fully saturated rings. The van der Waals surface area contributed by atoms with E-state index >= 15 is 0 Å². The number of ether oxygens (including phenoxy) is 1. The number of amides is 1. The molecule has 3 rings (SSSR count). The molecule has 0 spiro atoms. The molecule has 5 heteroatoms. The van der Waals surface area contributed by atoms with E-state index in [2.05, 4.69) is 10.3 Å². The first-order valence-corrected chi connectivity index (χ1v) is 8.73. The van der Waals surface area contributed by atoms with Crippen molar-refractivity contribution in [3.05, 3.63) is 59.9 Å². The summed E-state index contributed by atoms with van der Waals surface area (Å²) in [5, 5.41) is 13.1. The quantitative estimate of drug-likeness (QED) is 0.813. The molecule has 1 heterocycles. The number of hydrogen-bond acceptors (Lipinski definition) is 4. The number of benzene rings is 1. The first kappa shape index (κ1) is 17.4. The van der Waals surface area contributed by atoms with Crippen LogP contribution in [0.4, 0.5) is 0 Å². The number of pyridine rings is 1. The molecule has 1 aliphatic rings. The zero-order valence-electron chi connectivity index (χ0n) is 14.3. The molecule has 0 bridgehead atoms. The second-order valence-corrected chi connectivity index (χ2v) is 6.68. The van der Waals surface area contributed by atoms with Crippen LogP contribution in [-0.4, -0.2) is 28.1 Å². The fourth-order valence-electron chi connectivity index (χ4n) is 3.12. The summed E-state index contributed by atoms with van der Waals surface area (Å²) in [6.07, 6.45) is 7.37. The van der Waals surface area contributed by atoms with E-state index in [1.165, 1.54) is 0 Å². The summed E-state index contributed by atoms with van der Waals surface area (Å²) in [6.45, 7) is 0.777. The third-order valence-electron chi connectivity index (χ3n) is 4.54. The van der Waals surface area contributed by atoms with Crippen molar-refractivity contribution in [1.82, 2.24) is 10.3 Å². The predicted molar refractivity (Wildman–Crippen MR) is 95.1 cm³/mol. The Balaban J connectivity index is 1.49. The van der Waals surface area contributed by atoms with Crippen LogP contribution in [0.25, 0.3) is 0 Å². The average Bonchev–Trinajstić information content (AvgIpc) is 3.07. The van der Waals surface area contributed by atoms with E-state index in [0.717, 1.165) is 42.6 Å². The summed E-state index contributed by atoms with van der Waals surface area (Å²) < 4.78 is 5.76. The largest absolute Gasteiger partial charge is 0.489 e. The highest BCUT2D eigenvalue weighted by molar-refractivity contribution is 5.78. The summed E-state index contributed by atoms with van der Waals surface area (Å²) in [5.41, 5.74) is 1.17. The Morgan fingerprint density at radius 1 is 1.20 bits per heavy atom. The lowest BCUT2D eigenvalue weighted by Crippen LogP contribution is -2.41. The minimum atomic E-state index is -0.718. The van der Waals surface area contributed by atoms with Gasteiger partial charge >= 0.3 is 0 Å². The molecule has 0 aliphatic heterocycles. The molecule has 5 nitrogen and oxygen atoms in total. The lowest BCUT2D eigenvalue weighted by Gasteiger charge is -2.22. The first-order chi connectivity index (χ1) is 12.1. The Labute approximate surface area is 148 Å². The van der Waals surface area contributed by atoms with E-state index < -0.39 is 5.60 Å². The SMILES string of the molecule is O=C(Cc1cccc(OCc2cccnc2)c1)NCC1(O)CCCC1. The molecule has 2 aromatic rings. The van der Waals surface area contributed by atoms with Crippen molar-refractivity contribution in [1.29, 1.82) is 0 Å². The van der Waals surface area contributed by atoms with Gasteiger partial charge in [-0.3, -0.25) is 9.78 Å². The fourth-order valence-corrected chi connectivity index (χ4v) is 3.12. The lowest BCUT2D eigenvalue weighted by atomic mass is 10.0. The van der Waals surface area contributed by atoms with Gasteiger partial charge in [0.2, 0.25) is 5.91 Å². The fraction of sp³-hybridized carbons (Fsp3) is 0.400. The van der Waals surface area contributed by atoms with Crippen molar-refractivity contribution >= 4 is 5.91 Å². The number of carbonyl (C=O) groups excluding carboxylic acids is 1. The van der Waals surface area contributed by atoms with Crippen molar-refractivity contribution in [3.8, 4) is 5.75 Å². The van der Waals surface area contributed by atoms with Gasteiger partial charge < -0.3 is 15.2 Å². The molecule has 0 unspecified atom stereocenters. The molecule has 0 saturated heterocycles. The third kappa shape index (κ3) is 5.29. The Bertz CT molecular complexity index is 697. The normalized spacial score (nSPS) is 15.7. The average molecular weight is 340 g/mol. The molecule has 1 aliphatic carbocycles. The molecule has 1 saturated carbocycles. The standard InChI is InChI=1S/C20H24N2O3/c23-19(22-15-20(24)8-1-2-9-20)12-16-5-3-7-18(11-16)25-14-17-6-4-10-21-13-17/h3-7,10-11,13,24H,1-2,8-9,12,14-15H2,(H,22,23). The van der Waals surface area contributed by atoms with Crippen LogP contribution in [-0.2, 0) is 17.8 Å². The topological polar surface area (TPSA) is 71.5 Å². The molecule has 0 radical (unpaired) electrons. The summed E-state index contributed by atoms with van der Waals surface area (Å²) >= 11 is 0. The Kier molecular flexibility index (Phi) is 5.66. The van der Waals surface area contributed by atoms with E-state index in [0.29, 0.717) is 13.2 Å². The number of nitrogens with zero attached hydrogens (tertiary/aromatic N) is 1. The number of hydrogen-bond donors (Lipinski definition) is 2. The highest BCUT2D eigenvalue weighted by Crippen LogP contribution is 2.28. The molecule has 25 heavy (non-hydrogen) atoms. The van der Waals surface area contributed by atoms with Gasteiger partial charge in [0.05, 0.1) is 12.0 Å². The minimum absolute atomic E-state index is 0.0789. The summed E-state index contributed by atoms with van der Waals surface area (Å²) in [7, 11) is 0. The number of carbonyl (C=O) groups is 1. The van der Waals surface area contributed by atoms with Crippen molar-refractivity contribution < 1.29 is 14.6 Å². The molecule has 1 aromatic carbocycles. The molecule has 1 amide bonds. The van der Waals surface area contributed by atoms with E-state index in [9.17, 15) is 9.90 Å². The summed E-state index contributed by atoms with van der Waals surface area (Å²) in [5.74, 6) is 0.647. The van der Waals surface area contributed by atoms with E-state index in [4.69, 9.17) is 4.74 Å². The zero-order chi connectivity index (χ0) is 17.5. The molecular weight excluding hydrogens is 316 g/mol. The zero-order valence-corrected chi connectivity index (χ0v) is 14.3. The highest BCUT2D eigenvalue weighted by Gasteiger charge is 2.31. The maximum atomic E-state index is 12.1. The van der Waals surface area contributed by atoms with Crippen LogP contribution in [0, 0.1) is 0 Å². The Hall–Kier alpha value is -2.40. The number of nitrogens with one attached hydrogen (secondary N) is 1. The van der Waals surface area contributed by atoms with Crippen molar-refractivity contribution in [3.63, 3.8) is 0 Å². The molecule has 1 aromatic heterocycles. The molecule has 132 valence electrons. The molecular formula is C20H24N2O3. The van der Waals surface area contributed by atoms with Gasteiger partial charge in [0.1, 0.15) is 12.4 Å². The molecule has 2 N–H and O–H groups in total. The number of rotatable bonds is 7. The maximum Gasteiger partial charge on any atom is 0.224 e. The third-order valence-corrected chi connectivity index (χ3v) is 4.54. The molecule has 0 atom stereocenters. The summed E-state index contributed by atoms with van der Waals surface area (Å²) in [6, 6.07) is 11.4. The van der Waals surface area contributed by atoms with Crippen LogP contribution >= 0.6 is 0 Å². The Morgan fingerprint density at radius 3 is 2.76 bits per heavy atom. The van der Waals surface area contributed by atoms with Crippen LogP contribution in [0.5, 0.6) is 5.75 Å². The number of aliphatic hydroxyl groups is 1. The van der Waals surface area contributed by atoms with Gasteiger partial charge in [0, 0.05) is 24.5 Å². The highest BCUT2D eigenvalue weighted by atomic mass is 16.5. The van der Waals surface area contributed by atoms with Gasteiger partial charge in [-0.05, 0) is 36.6 Å². The first-order valence-electron chi connectivity index (χ1n) is 8.73. The smallest absolute Gasteiger partial charge is 0.224 e. The van der Waals surface area contributed by atoms with E-state index in [-0.39, 0.29) is 12.3 Å². The monoisotopic (exact) mass is 340 g/mol. The van der Waals surface area contributed by atoms with E-state index in [1.807, 2.05) is 36.4 Å². The van der Waals surface area contributed by atoms with Crippen LogP contribution in [0.15, 0.2) is 48.8 Å². The maximum absolute atomic E-state index is 12.1. The van der Waals surface area contributed by atoms with Gasteiger partial charge in [-0.25, -0.2) is 0 Å². The predicted octanol–water partition coefficient (Wildman–Crippen LogP) is 2.62. The van der Waals surface area contributed by atoms with Crippen LogP contribution in [0.1, 0.15) is 36.8 Å². The van der Waals surface area contributed by atoms with Gasteiger partial charge in [-0.1, -0.05) is 31.0 Å². The van der Waals surface area contributed by atoms with Crippen LogP contribution in [0.2, 0.25) is 0 Å². The van der Waals surface area contributed by atoms with Crippen molar-refractivity contribution in [2.45, 2.75) is 44.3 Å². The Morgan fingerprint density at radius 2 is 2.00 bits per heavy atom. The van der Waals surface area contributed by atoms with Crippen LogP contribution in [0.3, 0.4) is 0 Å². The lowest BCUT2D eigenvalue weighted by molar-refractivity contribution is -0.121. The second kappa shape index (κ2) is 8.12. The minimum Gasteiger partial charge on any atom is -0.489 e. The summed E-state index contributed by atoms with van der Waals surface area (Å²) in [4.78, 5) is 16.2. The van der Waals surface area contributed by atoms with Gasteiger partial charge in [-0.15, -0.1) is 0 Å². The second-order valence-electron chi connectivity index (χ2n) is 6.68. The van der Waals surface area contributed by atoms with Gasteiger partial charge in [0.15, 0.2) is 0 Å². The van der Waals surface area contributed by atoms with Gasteiger partial charge in [0.25, 0.3) is 0 Å². The number of aromatic nitrogens is 1. The van der Waals surface area contributed by atoms with Crippen LogP contribution < -0.4 is 10.1 Å².